The third kappa shape index (κ3) is 3.93. The number of aldehydes is 1. The maximum atomic E-state index is 11.1. The van der Waals surface area contributed by atoms with E-state index in [9.17, 15) is 4.79 Å². The van der Waals surface area contributed by atoms with Gasteiger partial charge in [0.25, 0.3) is 0 Å². The summed E-state index contributed by atoms with van der Waals surface area (Å²) in [5, 5.41) is 0. The Balaban J connectivity index is 2.04. The molecule has 0 saturated carbocycles. The quantitative estimate of drug-likeness (QED) is 0.556. The lowest BCUT2D eigenvalue weighted by Crippen LogP contribution is -2.52. The molecule has 0 N–H and O–H groups in total. The molecule has 3 heteroatoms. The Morgan fingerprint density at radius 2 is 1.85 bits per heavy atom. The number of ether oxygens (including phenoxy) is 1. The van der Waals surface area contributed by atoms with Gasteiger partial charge in [-0.1, -0.05) is 18.2 Å². The van der Waals surface area contributed by atoms with Gasteiger partial charge in [0, 0.05) is 18.4 Å². The van der Waals surface area contributed by atoms with Crippen LogP contribution in [0.1, 0.15) is 45.8 Å². The third-order valence-electron chi connectivity index (χ3n) is 6.42. The van der Waals surface area contributed by atoms with E-state index in [1.165, 1.54) is 27.8 Å². The van der Waals surface area contributed by atoms with Gasteiger partial charge in [0.05, 0.1) is 33.7 Å². The number of quaternary nitrogens is 1. The fourth-order valence-corrected chi connectivity index (χ4v) is 4.45. The largest absolute Gasteiger partial charge is 0.496 e. The van der Waals surface area contributed by atoms with Crippen LogP contribution in [0.2, 0.25) is 0 Å². The van der Waals surface area contributed by atoms with Crippen molar-refractivity contribution < 1.29 is 14.0 Å². The van der Waals surface area contributed by atoms with Crippen molar-refractivity contribution in [3.63, 3.8) is 0 Å². The van der Waals surface area contributed by atoms with E-state index in [0.717, 1.165) is 48.0 Å². The lowest BCUT2D eigenvalue weighted by molar-refractivity contribution is -0.940. The maximum Gasteiger partial charge on any atom is 0.125 e. The summed E-state index contributed by atoms with van der Waals surface area (Å²) in [6, 6.07) is 11.7. The van der Waals surface area contributed by atoms with E-state index < -0.39 is 0 Å². The highest BCUT2D eigenvalue weighted by atomic mass is 16.5. The van der Waals surface area contributed by atoms with Gasteiger partial charge < -0.3 is 14.0 Å². The van der Waals surface area contributed by atoms with Crippen LogP contribution in [0.25, 0.3) is 0 Å². The molecule has 2 atom stereocenters. The zero-order valence-corrected chi connectivity index (χ0v) is 17.3. The predicted molar refractivity (Wildman–Crippen MR) is 110 cm³/mol. The van der Waals surface area contributed by atoms with Gasteiger partial charge in [-0.15, -0.1) is 0 Å². The van der Waals surface area contributed by atoms with Gasteiger partial charge in [-0.25, -0.2) is 0 Å². The molecule has 2 aromatic carbocycles. The number of fused-ring (bicyclic) bond motifs is 1. The van der Waals surface area contributed by atoms with E-state index in [0.29, 0.717) is 12.5 Å². The van der Waals surface area contributed by atoms with Crippen LogP contribution in [0.3, 0.4) is 0 Å². The second-order valence-electron chi connectivity index (χ2n) is 8.29. The summed E-state index contributed by atoms with van der Waals surface area (Å²) in [6.45, 7) is 8.45. The SMILES string of the molecule is COc1cc(C[C@@H]2c3cc(C)c(C)cc3CC[N@+]2(C)CCC=O)ccc1C. The van der Waals surface area contributed by atoms with E-state index in [1.807, 2.05) is 0 Å². The van der Waals surface area contributed by atoms with Crippen LogP contribution in [0.5, 0.6) is 5.75 Å². The number of carbonyl (C=O) groups excluding carboxylic acids is 1. The molecular weight excluding hydrogens is 334 g/mol. The Labute approximate surface area is 163 Å². The summed E-state index contributed by atoms with van der Waals surface area (Å²) in [5.74, 6) is 0.950. The van der Waals surface area contributed by atoms with Crippen molar-refractivity contribution >= 4 is 6.29 Å². The van der Waals surface area contributed by atoms with Gasteiger partial charge >= 0.3 is 0 Å². The van der Waals surface area contributed by atoms with Crippen molar-refractivity contribution in [3.05, 3.63) is 63.7 Å². The molecule has 0 amide bonds. The topological polar surface area (TPSA) is 26.3 Å². The standard InChI is InChI=1S/C24H32NO2/c1-17-7-8-20(16-24(17)27-5)15-23-22-14-19(3)18(2)13-21(22)9-11-25(23,4)10-6-12-26/h7-8,12-14,16,23H,6,9-11,15H2,1-5H3/q+1/t23-,25+/m1/s1. The predicted octanol–water partition coefficient (Wildman–Crippen LogP) is 4.50. The second-order valence-corrected chi connectivity index (χ2v) is 8.29. The molecule has 3 rings (SSSR count). The molecule has 2 aromatic rings. The van der Waals surface area contributed by atoms with Crippen LogP contribution in [0.15, 0.2) is 30.3 Å². The molecule has 1 aliphatic heterocycles. The van der Waals surface area contributed by atoms with Gasteiger partial charge in [0.15, 0.2) is 0 Å². The molecule has 3 nitrogen and oxygen atoms in total. The molecule has 0 unspecified atom stereocenters. The average molecular weight is 367 g/mol. The van der Waals surface area contributed by atoms with Crippen molar-refractivity contribution in [2.45, 2.75) is 46.1 Å². The summed E-state index contributed by atoms with van der Waals surface area (Å²) >= 11 is 0. The molecule has 0 bridgehead atoms. The summed E-state index contributed by atoms with van der Waals surface area (Å²) in [7, 11) is 4.05. The van der Waals surface area contributed by atoms with Gasteiger partial charge in [0.1, 0.15) is 18.1 Å². The Morgan fingerprint density at radius 1 is 1.11 bits per heavy atom. The lowest BCUT2D eigenvalue weighted by atomic mass is 9.84. The van der Waals surface area contributed by atoms with Gasteiger partial charge in [-0.2, -0.15) is 0 Å². The Hall–Kier alpha value is -2.13. The molecule has 0 aliphatic carbocycles. The Bertz CT molecular complexity index is 843. The van der Waals surface area contributed by atoms with Crippen LogP contribution >= 0.6 is 0 Å². The first kappa shape index (κ1) is 19.6. The van der Waals surface area contributed by atoms with E-state index in [1.54, 1.807) is 7.11 Å². The van der Waals surface area contributed by atoms with Gasteiger partial charge in [-0.3, -0.25) is 0 Å². The summed E-state index contributed by atoms with van der Waals surface area (Å²) in [4.78, 5) is 11.1. The van der Waals surface area contributed by atoms with E-state index >= 15 is 0 Å². The summed E-state index contributed by atoms with van der Waals surface area (Å²) in [5.41, 5.74) is 8.11. The minimum absolute atomic E-state index is 0.361. The minimum atomic E-state index is 0.361. The van der Waals surface area contributed by atoms with Crippen molar-refractivity contribution in [3.8, 4) is 5.75 Å². The Morgan fingerprint density at radius 3 is 2.56 bits per heavy atom. The maximum absolute atomic E-state index is 11.1. The van der Waals surface area contributed by atoms with Crippen LogP contribution in [-0.2, 0) is 17.6 Å². The van der Waals surface area contributed by atoms with Crippen LogP contribution < -0.4 is 4.74 Å². The van der Waals surface area contributed by atoms with Gasteiger partial charge in [0.2, 0.25) is 0 Å². The first-order valence-electron chi connectivity index (χ1n) is 9.89. The highest BCUT2D eigenvalue weighted by Crippen LogP contribution is 2.39. The normalized spacial score (nSPS) is 21.6. The number of carbonyl (C=O) groups is 1. The zero-order chi connectivity index (χ0) is 19.6. The monoisotopic (exact) mass is 366 g/mol. The number of hydrogen-bond donors (Lipinski definition) is 0. The molecule has 27 heavy (non-hydrogen) atoms. The third-order valence-corrected chi connectivity index (χ3v) is 6.42. The number of methoxy groups -OCH3 is 1. The number of nitrogens with zero attached hydrogens (tertiary/aromatic N) is 1. The number of hydrogen-bond acceptors (Lipinski definition) is 2. The highest BCUT2D eigenvalue weighted by molar-refractivity contribution is 5.49. The molecule has 0 fully saturated rings. The number of rotatable bonds is 6. The molecule has 1 heterocycles. The van der Waals surface area contributed by atoms with Crippen LogP contribution in [0.4, 0.5) is 0 Å². The first-order chi connectivity index (χ1) is 12.9. The van der Waals surface area contributed by atoms with Crippen molar-refractivity contribution in [2.24, 2.45) is 0 Å². The van der Waals surface area contributed by atoms with Crippen molar-refractivity contribution in [2.75, 3.05) is 27.2 Å². The van der Waals surface area contributed by atoms with E-state index in [4.69, 9.17) is 4.74 Å². The fraction of sp³-hybridized carbons (Fsp3) is 0.458. The van der Waals surface area contributed by atoms with Crippen molar-refractivity contribution in [1.82, 2.24) is 0 Å². The molecular formula is C24H32NO2+. The summed E-state index contributed by atoms with van der Waals surface area (Å²) < 4.78 is 6.47. The highest BCUT2D eigenvalue weighted by Gasteiger charge is 2.39. The van der Waals surface area contributed by atoms with Crippen molar-refractivity contribution in [1.29, 1.82) is 0 Å². The first-order valence-corrected chi connectivity index (χ1v) is 9.89. The molecule has 0 saturated heterocycles. The number of likely N-dealkylation sites (N-methyl/N-ethyl adjacent to an activating group) is 1. The minimum Gasteiger partial charge on any atom is -0.496 e. The molecule has 144 valence electrons. The molecule has 0 radical (unpaired) electrons. The fourth-order valence-electron chi connectivity index (χ4n) is 4.45. The zero-order valence-electron chi connectivity index (χ0n) is 17.3. The average Bonchev–Trinajstić information content (AvgIpc) is 2.65. The van der Waals surface area contributed by atoms with E-state index in [-0.39, 0.29) is 0 Å². The summed E-state index contributed by atoms with van der Waals surface area (Å²) in [6.07, 6.45) is 3.72. The smallest absolute Gasteiger partial charge is 0.125 e. The van der Waals surface area contributed by atoms with Gasteiger partial charge in [-0.05, 0) is 60.7 Å². The molecule has 1 aliphatic rings. The second kappa shape index (κ2) is 7.85. The number of benzene rings is 2. The van der Waals surface area contributed by atoms with Crippen LogP contribution in [0, 0.1) is 20.8 Å². The number of aryl methyl sites for hydroxylation is 3. The van der Waals surface area contributed by atoms with Crippen LogP contribution in [-0.4, -0.2) is 38.0 Å². The van der Waals surface area contributed by atoms with E-state index in [2.05, 4.69) is 58.2 Å². The Kier molecular flexibility index (Phi) is 5.71. The molecule has 0 spiro atoms. The lowest BCUT2D eigenvalue weighted by Gasteiger charge is -2.46. The molecule has 0 aromatic heterocycles.